The summed E-state index contributed by atoms with van der Waals surface area (Å²) in [5.74, 6) is -0.972. The fourth-order valence-corrected chi connectivity index (χ4v) is 4.58. The topological polar surface area (TPSA) is 93.6 Å². The van der Waals surface area contributed by atoms with E-state index in [1.807, 2.05) is 18.0 Å². The quantitative estimate of drug-likeness (QED) is 0.379. The van der Waals surface area contributed by atoms with E-state index in [0.29, 0.717) is 29.9 Å². The molecule has 6 rings (SSSR count). The van der Waals surface area contributed by atoms with E-state index in [9.17, 15) is 18.0 Å². The normalized spacial score (nSPS) is 15.2. The third-order valence-corrected chi connectivity index (χ3v) is 6.64. The number of aromatic nitrogens is 2. The van der Waals surface area contributed by atoms with Gasteiger partial charge in [0.15, 0.2) is 0 Å². The van der Waals surface area contributed by atoms with Gasteiger partial charge in [-0.2, -0.15) is 13.2 Å². The molecule has 0 spiro atoms. The molecule has 4 aromatic rings. The van der Waals surface area contributed by atoms with Gasteiger partial charge in [0.05, 0.1) is 11.5 Å². The number of fused-ring (bicyclic) bond motifs is 3. The number of nitrogens with zero attached hydrogens (tertiary/aromatic N) is 3. The smallest absolute Gasteiger partial charge is 0.422 e. The van der Waals surface area contributed by atoms with Crippen molar-refractivity contribution in [1.29, 1.82) is 0 Å². The molecule has 11 heteroatoms. The van der Waals surface area contributed by atoms with Gasteiger partial charge < -0.3 is 24.0 Å². The first-order valence-corrected chi connectivity index (χ1v) is 11.6. The van der Waals surface area contributed by atoms with Crippen LogP contribution >= 0.6 is 0 Å². The molecule has 37 heavy (non-hydrogen) atoms. The third-order valence-electron chi connectivity index (χ3n) is 6.64. The standard InChI is InChI=1S/C26H21F3N4O4/c1-33-12-18-22(17-8-7-14(9-19(17)33)13-35-25(34)16-10-30-11-16)32-36-23(18)24-20(26(27,28)29)21(31-37-24)15-5-3-2-4-6-15/h2-9,16,30H,10-13H2,1H3. The predicted octanol–water partition coefficient (Wildman–Crippen LogP) is 4.89. The summed E-state index contributed by atoms with van der Waals surface area (Å²) in [7, 11) is 1.81. The van der Waals surface area contributed by atoms with Crippen LogP contribution in [0.1, 0.15) is 16.7 Å². The fraction of sp³-hybridized carbons (Fsp3) is 0.269. The zero-order valence-corrected chi connectivity index (χ0v) is 19.6. The molecule has 0 saturated carbocycles. The summed E-state index contributed by atoms with van der Waals surface area (Å²) >= 11 is 0. The van der Waals surface area contributed by atoms with Crippen molar-refractivity contribution in [3.05, 3.63) is 65.2 Å². The summed E-state index contributed by atoms with van der Waals surface area (Å²) < 4.78 is 58.7. The molecule has 0 radical (unpaired) electrons. The van der Waals surface area contributed by atoms with E-state index in [2.05, 4.69) is 15.6 Å². The monoisotopic (exact) mass is 510 g/mol. The largest absolute Gasteiger partial charge is 0.461 e. The second-order valence-corrected chi connectivity index (χ2v) is 9.11. The number of carbonyl (C=O) groups is 1. The number of anilines is 1. The molecule has 1 fully saturated rings. The van der Waals surface area contributed by atoms with Crippen molar-refractivity contribution < 1.29 is 31.7 Å². The van der Waals surface area contributed by atoms with E-state index in [4.69, 9.17) is 13.8 Å². The van der Waals surface area contributed by atoms with E-state index >= 15 is 0 Å². The van der Waals surface area contributed by atoms with Crippen LogP contribution in [0.3, 0.4) is 0 Å². The van der Waals surface area contributed by atoms with Gasteiger partial charge in [-0.15, -0.1) is 0 Å². The van der Waals surface area contributed by atoms with E-state index in [1.165, 1.54) is 12.1 Å². The maximum absolute atomic E-state index is 14.2. The SMILES string of the molecule is CN1Cc2c(noc2-c2onc(-c3ccccc3)c2C(F)(F)F)-c2ccc(COC(=O)C3CNC3)cc21. The minimum absolute atomic E-state index is 0.110. The van der Waals surface area contributed by atoms with Crippen LogP contribution in [-0.4, -0.2) is 36.4 Å². The average molecular weight is 510 g/mol. The molecule has 0 bridgehead atoms. The van der Waals surface area contributed by atoms with Gasteiger partial charge in [-0.25, -0.2) is 0 Å². The van der Waals surface area contributed by atoms with E-state index < -0.39 is 17.5 Å². The molecule has 2 aromatic carbocycles. The summed E-state index contributed by atoms with van der Waals surface area (Å²) in [6.07, 6.45) is -4.74. The van der Waals surface area contributed by atoms with Crippen LogP contribution in [0.4, 0.5) is 18.9 Å². The molecule has 0 unspecified atom stereocenters. The Morgan fingerprint density at radius 3 is 2.51 bits per heavy atom. The Bertz CT molecular complexity index is 1470. The lowest BCUT2D eigenvalue weighted by Crippen LogP contribution is -2.47. The number of nitrogens with one attached hydrogen (secondary N) is 1. The minimum atomic E-state index is -4.74. The van der Waals surface area contributed by atoms with Crippen molar-refractivity contribution in [1.82, 2.24) is 15.6 Å². The Hall–Kier alpha value is -4.12. The lowest BCUT2D eigenvalue weighted by Gasteiger charge is -2.27. The maximum atomic E-state index is 14.2. The molecular weight excluding hydrogens is 489 g/mol. The number of alkyl halides is 3. The number of rotatable bonds is 5. The maximum Gasteiger partial charge on any atom is 0.422 e. The van der Waals surface area contributed by atoms with Crippen LogP contribution in [0.25, 0.3) is 34.0 Å². The van der Waals surface area contributed by atoms with Gasteiger partial charge >= 0.3 is 12.1 Å². The molecule has 4 heterocycles. The first-order chi connectivity index (χ1) is 17.8. The summed E-state index contributed by atoms with van der Waals surface area (Å²) in [6.45, 7) is 1.60. The predicted molar refractivity (Wildman–Crippen MR) is 126 cm³/mol. The highest BCUT2D eigenvalue weighted by molar-refractivity contribution is 5.85. The van der Waals surface area contributed by atoms with Crippen LogP contribution < -0.4 is 10.2 Å². The molecule has 8 nitrogen and oxygen atoms in total. The summed E-state index contributed by atoms with van der Waals surface area (Å²) in [5.41, 5.74) is 2.13. The van der Waals surface area contributed by atoms with Crippen LogP contribution in [0.15, 0.2) is 57.6 Å². The average Bonchev–Trinajstić information content (AvgIpc) is 3.47. The van der Waals surface area contributed by atoms with E-state index in [-0.39, 0.29) is 42.1 Å². The first-order valence-electron chi connectivity index (χ1n) is 11.6. The Labute approximate surface area is 209 Å². The van der Waals surface area contributed by atoms with Crippen molar-refractivity contribution in [2.75, 3.05) is 25.0 Å². The van der Waals surface area contributed by atoms with Crippen LogP contribution in [0, 0.1) is 5.92 Å². The van der Waals surface area contributed by atoms with Crippen molar-refractivity contribution >= 4 is 11.7 Å². The van der Waals surface area contributed by atoms with E-state index in [1.54, 1.807) is 30.3 Å². The summed E-state index contributed by atoms with van der Waals surface area (Å²) in [6, 6.07) is 13.5. The van der Waals surface area contributed by atoms with Gasteiger partial charge in [0.2, 0.25) is 11.5 Å². The highest BCUT2D eigenvalue weighted by atomic mass is 19.4. The number of hydrogen-bond donors (Lipinski definition) is 1. The molecule has 1 saturated heterocycles. The summed E-state index contributed by atoms with van der Waals surface area (Å²) in [4.78, 5) is 13.9. The minimum Gasteiger partial charge on any atom is -0.461 e. The Kier molecular flexibility index (Phi) is 5.52. The van der Waals surface area contributed by atoms with E-state index in [0.717, 1.165) is 11.3 Å². The van der Waals surface area contributed by atoms with Gasteiger partial charge in [0, 0.05) is 43.5 Å². The summed E-state index contributed by atoms with van der Waals surface area (Å²) in [5, 5.41) is 10.9. The molecule has 2 aromatic heterocycles. The lowest BCUT2D eigenvalue weighted by atomic mass is 9.95. The van der Waals surface area contributed by atoms with Crippen molar-refractivity contribution in [2.45, 2.75) is 19.3 Å². The number of halogens is 3. The van der Waals surface area contributed by atoms with Gasteiger partial charge in [0.1, 0.15) is 23.6 Å². The molecule has 190 valence electrons. The Balaban J connectivity index is 1.35. The second-order valence-electron chi connectivity index (χ2n) is 9.11. The zero-order valence-electron chi connectivity index (χ0n) is 19.6. The van der Waals surface area contributed by atoms with Gasteiger partial charge in [0.25, 0.3) is 0 Å². The first kappa shape index (κ1) is 23.3. The number of carbonyl (C=O) groups excluding carboxylic acids is 1. The van der Waals surface area contributed by atoms with Gasteiger partial charge in [-0.05, 0) is 11.6 Å². The highest BCUT2D eigenvalue weighted by Gasteiger charge is 2.44. The van der Waals surface area contributed by atoms with Crippen molar-refractivity contribution in [3.8, 4) is 34.0 Å². The molecular formula is C26H21F3N4O4. The molecule has 1 N–H and O–H groups in total. The second kappa shape index (κ2) is 8.77. The number of esters is 1. The van der Waals surface area contributed by atoms with Crippen LogP contribution in [0.2, 0.25) is 0 Å². The fourth-order valence-electron chi connectivity index (χ4n) is 4.58. The molecule has 0 aliphatic carbocycles. The third kappa shape index (κ3) is 4.05. The van der Waals surface area contributed by atoms with Crippen molar-refractivity contribution in [2.24, 2.45) is 5.92 Å². The van der Waals surface area contributed by atoms with Crippen molar-refractivity contribution in [3.63, 3.8) is 0 Å². The molecule has 2 aliphatic rings. The Morgan fingerprint density at radius 2 is 1.81 bits per heavy atom. The zero-order chi connectivity index (χ0) is 25.7. The molecule has 0 atom stereocenters. The number of ether oxygens (including phenoxy) is 1. The van der Waals surface area contributed by atoms with Crippen LogP contribution in [0.5, 0.6) is 0 Å². The molecule has 0 amide bonds. The number of benzene rings is 2. The lowest BCUT2D eigenvalue weighted by molar-refractivity contribution is -0.151. The van der Waals surface area contributed by atoms with Crippen LogP contribution in [-0.2, 0) is 28.9 Å². The van der Waals surface area contributed by atoms with Gasteiger partial charge in [-0.1, -0.05) is 52.8 Å². The Morgan fingerprint density at radius 1 is 1.08 bits per heavy atom. The highest BCUT2D eigenvalue weighted by Crippen LogP contribution is 2.47. The van der Waals surface area contributed by atoms with Gasteiger partial charge in [-0.3, -0.25) is 4.79 Å². The molecule has 2 aliphatic heterocycles. The number of hydrogen-bond acceptors (Lipinski definition) is 8.